The number of nitrogens with zero attached hydrogens (tertiary/aromatic N) is 1. The second-order valence-corrected chi connectivity index (χ2v) is 17.7. The van der Waals surface area contributed by atoms with E-state index in [9.17, 15) is 0 Å². The molecule has 0 saturated carbocycles. The van der Waals surface area contributed by atoms with Gasteiger partial charge in [-0.1, -0.05) is 231 Å². The third kappa shape index (κ3) is 7.44. The first kappa shape index (κ1) is 41.6. The summed E-state index contributed by atoms with van der Waals surface area (Å²) in [6.45, 7) is 0. The Balaban J connectivity index is 1.18. The van der Waals surface area contributed by atoms with E-state index >= 15 is 4.39 Å². The van der Waals surface area contributed by atoms with Crippen LogP contribution in [-0.2, 0) is 5.41 Å². The Labute approximate surface area is 403 Å². The SMILES string of the molecule is Fc1cc(-c2ccccc2)c2c(c1)-c1c(-c3ccccc3)cc(N(c3ccc(-c4ccccc4)cc3)c3ccc(-c4ccccc4)cc3)cc1C2(c1ccccc1)c1ccc(-c2ccccc2)cc1. The molecule has 0 saturated heterocycles. The normalized spacial score (nSPS) is 13.6. The second kappa shape index (κ2) is 17.8. The van der Waals surface area contributed by atoms with Crippen LogP contribution >= 0.6 is 0 Å². The zero-order valence-corrected chi connectivity index (χ0v) is 37.9. The molecule has 326 valence electrons. The third-order valence-corrected chi connectivity index (χ3v) is 13.8. The summed E-state index contributed by atoms with van der Waals surface area (Å²) in [6, 6.07) is 98.5. The van der Waals surface area contributed by atoms with Gasteiger partial charge in [-0.2, -0.15) is 0 Å². The van der Waals surface area contributed by atoms with Gasteiger partial charge in [0.15, 0.2) is 0 Å². The molecule has 1 unspecified atom stereocenters. The Morgan fingerprint density at radius 3 is 1.07 bits per heavy atom. The number of halogens is 1. The van der Waals surface area contributed by atoms with Gasteiger partial charge in [-0.25, -0.2) is 4.39 Å². The van der Waals surface area contributed by atoms with Crippen LogP contribution in [0.25, 0.3) is 66.8 Å². The van der Waals surface area contributed by atoms with Crippen molar-refractivity contribution in [3.05, 3.63) is 307 Å². The van der Waals surface area contributed by atoms with Crippen molar-refractivity contribution in [2.75, 3.05) is 4.90 Å². The number of hydrogen-bond acceptors (Lipinski definition) is 1. The van der Waals surface area contributed by atoms with Crippen molar-refractivity contribution in [3.8, 4) is 66.8 Å². The largest absolute Gasteiger partial charge is 0.310 e. The van der Waals surface area contributed by atoms with Crippen LogP contribution in [0.15, 0.2) is 279 Å². The van der Waals surface area contributed by atoms with Crippen molar-refractivity contribution < 1.29 is 4.39 Å². The number of hydrogen-bond donors (Lipinski definition) is 0. The van der Waals surface area contributed by atoms with Crippen LogP contribution in [0.5, 0.6) is 0 Å². The first-order valence-corrected chi connectivity index (χ1v) is 23.6. The standard InChI is InChI=1S/C67H46FN/c68-57-43-62(54-27-15-5-16-28-54)66-63(44-57)65-61(53-25-13-4-14-26-53)45-60(46-64(65)67(66,55-29-17-6-18-30-55)56-37-31-50(32-38-56)47-19-7-1-8-20-47)69(58-39-33-51(34-40-58)48-21-9-2-10-22-48)59-41-35-52(36-42-59)49-23-11-3-12-24-49/h1-46H. The van der Waals surface area contributed by atoms with Gasteiger partial charge in [0.05, 0.1) is 5.41 Å². The Bertz CT molecular complexity index is 3460. The second-order valence-electron chi connectivity index (χ2n) is 17.7. The van der Waals surface area contributed by atoms with Gasteiger partial charge in [-0.3, -0.25) is 0 Å². The van der Waals surface area contributed by atoms with Crippen LogP contribution < -0.4 is 4.90 Å². The summed E-state index contributed by atoms with van der Waals surface area (Å²) in [6.07, 6.45) is 0. The first-order valence-electron chi connectivity index (χ1n) is 23.6. The number of benzene rings is 11. The van der Waals surface area contributed by atoms with Crippen LogP contribution in [0, 0.1) is 5.82 Å². The highest BCUT2D eigenvalue weighted by Crippen LogP contribution is 2.62. The number of anilines is 3. The third-order valence-electron chi connectivity index (χ3n) is 13.8. The van der Waals surface area contributed by atoms with E-state index in [1.165, 1.54) is 0 Å². The topological polar surface area (TPSA) is 3.24 Å². The van der Waals surface area contributed by atoms with E-state index in [4.69, 9.17) is 0 Å². The monoisotopic (exact) mass is 883 g/mol. The smallest absolute Gasteiger partial charge is 0.124 e. The average molecular weight is 884 g/mol. The summed E-state index contributed by atoms with van der Waals surface area (Å²) >= 11 is 0. The van der Waals surface area contributed by atoms with E-state index in [0.717, 1.165) is 106 Å². The van der Waals surface area contributed by atoms with Gasteiger partial charge >= 0.3 is 0 Å². The van der Waals surface area contributed by atoms with Gasteiger partial charge < -0.3 is 4.90 Å². The molecule has 1 nitrogen and oxygen atoms in total. The van der Waals surface area contributed by atoms with E-state index in [2.05, 4.69) is 254 Å². The van der Waals surface area contributed by atoms with Crippen molar-refractivity contribution in [3.63, 3.8) is 0 Å². The van der Waals surface area contributed by atoms with E-state index in [-0.39, 0.29) is 5.82 Å². The van der Waals surface area contributed by atoms with Gasteiger partial charge in [0.2, 0.25) is 0 Å². The van der Waals surface area contributed by atoms with Gasteiger partial charge in [0, 0.05) is 17.1 Å². The molecule has 11 aromatic rings. The lowest BCUT2D eigenvalue weighted by Crippen LogP contribution is -2.29. The lowest BCUT2D eigenvalue weighted by molar-refractivity contribution is 0.627. The van der Waals surface area contributed by atoms with Crippen molar-refractivity contribution in [2.45, 2.75) is 5.41 Å². The minimum absolute atomic E-state index is 0.274. The zero-order chi connectivity index (χ0) is 46.2. The molecule has 11 aromatic carbocycles. The minimum atomic E-state index is -0.889. The van der Waals surface area contributed by atoms with Gasteiger partial charge in [0.25, 0.3) is 0 Å². The molecule has 0 aromatic heterocycles. The maximum absolute atomic E-state index is 16.8. The molecule has 0 amide bonds. The molecular weight excluding hydrogens is 838 g/mol. The molecular formula is C67H46FN. The molecule has 1 aliphatic rings. The molecule has 1 aliphatic carbocycles. The summed E-state index contributed by atoms with van der Waals surface area (Å²) in [4.78, 5) is 2.38. The summed E-state index contributed by atoms with van der Waals surface area (Å²) in [5, 5.41) is 0. The first-order chi connectivity index (χ1) is 34.1. The molecule has 0 radical (unpaired) electrons. The molecule has 0 aliphatic heterocycles. The van der Waals surface area contributed by atoms with Gasteiger partial charge in [-0.15, -0.1) is 0 Å². The fourth-order valence-electron chi connectivity index (χ4n) is 10.7. The molecule has 0 heterocycles. The number of fused-ring (bicyclic) bond motifs is 3. The van der Waals surface area contributed by atoms with E-state index < -0.39 is 5.41 Å². The predicted molar refractivity (Wildman–Crippen MR) is 286 cm³/mol. The van der Waals surface area contributed by atoms with E-state index in [1.807, 2.05) is 18.2 Å². The quantitative estimate of drug-likeness (QED) is 0.132. The lowest BCUT2D eigenvalue weighted by Gasteiger charge is -2.36. The van der Waals surface area contributed by atoms with Crippen LogP contribution in [0.3, 0.4) is 0 Å². The summed E-state index contributed by atoms with van der Waals surface area (Å²) in [7, 11) is 0. The minimum Gasteiger partial charge on any atom is -0.310 e. The Morgan fingerprint density at radius 2 is 0.623 bits per heavy atom. The molecule has 0 spiro atoms. The summed E-state index contributed by atoms with van der Waals surface area (Å²) in [5.74, 6) is -0.274. The lowest BCUT2D eigenvalue weighted by atomic mass is 9.65. The molecule has 2 heteroatoms. The fourth-order valence-corrected chi connectivity index (χ4v) is 10.7. The summed E-state index contributed by atoms with van der Waals surface area (Å²) < 4.78 is 16.8. The molecule has 0 N–H and O–H groups in total. The number of rotatable bonds is 10. The Hall–Kier alpha value is -8.85. The Kier molecular flexibility index (Phi) is 10.7. The van der Waals surface area contributed by atoms with E-state index in [1.54, 1.807) is 12.1 Å². The fraction of sp³-hybridized carbons (Fsp3) is 0.0149. The van der Waals surface area contributed by atoms with Crippen LogP contribution in [-0.4, -0.2) is 0 Å². The molecule has 1 atom stereocenters. The predicted octanol–water partition coefficient (Wildman–Crippen LogP) is 18.0. The molecule has 12 rings (SSSR count). The maximum Gasteiger partial charge on any atom is 0.124 e. The molecule has 0 fully saturated rings. The average Bonchev–Trinajstić information content (AvgIpc) is 3.73. The zero-order valence-electron chi connectivity index (χ0n) is 37.9. The van der Waals surface area contributed by atoms with Crippen LogP contribution in [0.2, 0.25) is 0 Å². The highest BCUT2D eigenvalue weighted by atomic mass is 19.1. The molecule has 0 bridgehead atoms. The van der Waals surface area contributed by atoms with Crippen molar-refractivity contribution in [1.82, 2.24) is 0 Å². The van der Waals surface area contributed by atoms with Gasteiger partial charge in [0.1, 0.15) is 5.82 Å². The van der Waals surface area contributed by atoms with Crippen LogP contribution in [0.4, 0.5) is 21.5 Å². The van der Waals surface area contributed by atoms with Crippen molar-refractivity contribution >= 4 is 17.1 Å². The highest BCUT2D eigenvalue weighted by molar-refractivity contribution is 6.01. The van der Waals surface area contributed by atoms with Crippen molar-refractivity contribution in [2.24, 2.45) is 0 Å². The van der Waals surface area contributed by atoms with Crippen molar-refractivity contribution in [1.29, 1.82) is 0 Å². The van der Waals surface area contributed by atoms with E-state index in [0.29, 0.717) is 0 Å². The maximum atomic E-state index is 16.8. The summed E-state index contributed by atoms with van der Waals surface area (Å²) in [5.41, 5.74) is 19.2. The highest BCUT2D eigenvalue weighted by Gasteiger charge is 2.49. The Morgan fingerprint density at radius 1 is 0.275 bits per heavy atom. The van der Waals surface area contributed by atoms with Crippen LogP contribution in [0.1, 0.15) is 22.3 Å². The molecule has 69 heavy (non-hydrogen) atoms. The van der Waals surface area contributed by atoms with Gasteiger partial charge in [-0.05, 0) is 138 Å².